The molecule has 0 aromatic heterocycles. The Kier molecular flexibility index (Phi) is 2.90. The van der Waals surface area contributed by atoms with E-state index in [1.54, 1.807) is 0 Å². The van der Waals surface area contributed by atoms with Crippen LogP contribution in [0.25, 0.3) is 0 Å². The molecule has 3 heterocycles. The van der Waals surface area contributed by atoms with Gasteiger partial charge >= 0.3 is 0 Å². The number of hydrogen-bond donors (Lipinski definition) is 1. The molecule has 1 N–H and O–H groups in total. The third-order valence-electron chi connectivity index (χ3n) is 5.26. The highest BCUT2D eigenvalue weighted by Crippen LogP contribution is 2.41. The first-order valence-electron chi connectivity index (χ1n) is 7.15. The molecule has 4 atom stereocenters. The molecule has 3 saturated heterocycles. The van der Waals surface area contributed by atoms with Crippen LogP contribution in [0, 0.1) is 17.8 Å². The number of nitrogens with one attached hydrogen (secondary N) is 1. The highest BCUT2D eigenvalue weighted by atomic mass is 16.5. The molecule has 18 heavy (non-hydrogen) atoms. The van der Waals surface area contributed by atoms with Gasteiger partial charge in [-0.1, -0.05) is 6.92 Å². The van der Waals surface area contributed by atoms with Crippen LogP contribution in [0.3, 0.4) is 0 Å². The third-order valence-corrected chi connectivity index (χ3v) is 5.26. The minimum absolute atomic E-state index is 0.0308. The largest absolute Gasteiger partial charge is 0.368 e. The highest BCUT2D eigenvalue weighted by Gasteiger charge is 2.53. The van der Waals surface area contributed by atoms with Crippen molar-refractivity contribution in [3.05, 3.63) is 0 Å². The Morgan fingerprint density at radius 2 is 2.17 bits per heavy atom. The Morgan fingerprint density at radius 1 is 1.39 bits per heavy atom. The summed E-state index contributed by atoms with van der Waals surface area (Å²) in [5.74, 6) is 1.81. The molecule has 3 aliphatic rings. The second-order valence-electron chi connectivity index (χ2n) is 6.68. The van der Waals surface area contributed by atoms with Crippen LogP contribution < -0.4 is 5.32 Å². The van der Waals surface area contributed by atoms with E-state index < -0.39 is 0 Å². The predicted octanol–water partition coefficient (Wildman–Crippen LogP) is 0.868. The topological polar surface area (TPSA) is 41.6 Å². The van der Waals surface area contributed by atoms with Crippen LogP contribution in [-0.4, -0.2) is 48.7 Å². The van der Waals surface area contributed by atoms with Crippen molar-refractivity contribution in [2.24, 2.45) is 17.8 Å². The van der Waals surface area contributed by atoms with E-state index in [0.717, 1.165) is 32.7 Å². The quantitative estimate of drug-likeness (QED) is 0.753. The molecule has 4 unspecified atom stereocenters. The summed E-state index contributed by atoms with van der Waals surface area (Å²) in [6.07, 6.45) is 0.815. The van der Waals surface area contributed by atoms with E-state index >= 15 is 0 Å². The molecule has 0 aliphatic carbocycles. The van der Waals surface area contributed by atoms with E-state index in [9.17, 15) is 4.79 Å². The summed E-state index contributed by atoms with van der Waals surface area (Å²) in [6, 6.07) is 0. The molecule has 0 bridgehead atoms. The monoisotopic (exact) mass is 252 g/mol. The zero-order valence-corrected chi connectivity index (χ0v) is 11.6. The van der Waals surface area contributed by atoms with E-state index in [0.29, 0.717) is 17.8 Å². The van der Waals surface area contributed by atoms with Gasteiger partial charge in [-0.05, 0) is 38.0 Å². The van der Waals surface area contributed by atoms with Gasteiger partial charge in [0, 0.05) is 31.8 Å². The summed E-state index contributed by atoms with van der Waals surface area (Å²) < 4.78 is 5.65. The molecule has 0 spiro atoms. The molecule has 3 rings (SSSR count). The number of amides is 1. The van der Waals surface area contributed by atoms with Gasteiger partial charge in [0.25, 0.3) is 5.91 Å². The maximum absolute atomic E-state index is 12.7. The second-order valence-corrected chi connectivity index (χ2v) is 6.68. The second kappa shape index (κ2) is 4.20. The number of nitrogens with zero attached hydrogens (tertiary/aromatic N) is 1. The van der Waals surface area contributed by atoms with E-state index in [2.05, 4.69) is 31.0 Å². The molecule has 4 nitrogen and oxygen atoms in total. The molecular formula is C14H24N2O2. The Morgan fingerprint density at radius 3 is 2.78 bits per heavy atom. The summed E-state index contributed by atoms with van der Waals surface area (Å²) in [6.45, 7) is 10.3. The lowest BCUT2D eigenvalue weighted by Crippen LogP contribution is -2.51. The smallest absolute Gasteiger partial charge is 0.252 e. The maximum atomic E-state index is 12.7. The number of carbonyl (C=O) groups excluding carboxylic acids is 1. The first kappa shape index (κ1) is 12.4. The van der Waals surface area contributed by atoms with Crippen LogP contribution in [0.5, 0.6) is 0 Å². The summed E-state index contributed by atoms with van der Waals surface area (Å²) >= 11 is 0. The fourth-order valence-corrected chi connectivity index (χ4v) is 3.96. The van der Waals surface area contributed by atoms with Gasteiger partial charge in [0.1, 0.15) is 6.10 Å². The van der Waals surface area contributed by atoms with Crippen molar-refractivity contribution in [2.45, 2.75) is 38.8 Å². The predicted molar refractivity (Wildman–Crippen MR) is 69.2 cm³/mol. The molecule has 0 radical (unpaired) electrons. The summed E-state index contributed by atoms with van der Waals surface area (Å²) in [5.41, 5.74) is -0.0308. The SMILES string of the molecule is CC1CCOC1C(=O)N1CC2CNCC2C1(C)C. The van der Waals surface area contributed by atoms with Gasteiger partial charge in [0.15, 0.2) is 0 Å². The van der Waals surface area contributed by atoms with Crippen molar-refractivity contribution >= 4 is 5.91 Å². The fourth-order valence-electron chi connectivity index (χ4n) is 3.96. The lowest BCUT2D eigenvalue weighted by Gasteiger charge is -2.37. The van der Waals surface area contributed by atoms with Crippen molar-refractivity contribution in [1.29, 1.82) is 0 Å². The Hall–Kier alpha value is -0.610. The Balaban J connectivity index is 1.78. The van der Waals surface area contributed by atoms with Crippen molar-refractivity contribution < 1.29 is 9.53 Å². The summed E-state index contributed by atoms with van der Waals surface area (Å²) in [4.78, 5) is 14.8. The van der Waals surface area contributed by atoms with E-state index in [1.165, 1.54) is 0 Å². The lowest BCUT2D eigenvalue weighted by atomic mass is 9.84. The number of likely N-dealkylation sites (tertiary alicyclic amines) is 1. The minimum Gasteiger partial charge on any atom is -0.368 e. The number of fused-ring (bicyclic) bond motifs is 1. The fraction of sp³-hybridized carbons (Fsp3) is 0.929. The molecule has 3 fully saturated rings. The minimum atomic E-state index is -0.198. The number of rotatable bonds is 1. The van der Waals surface area contributed by atoms with Crippen LogP contribution in [0.15, 0.2) is 0 Å². The van der Waals surface area contributed by atoms with Crippen molar-refractivity contribution in [3.8, 4) is 0 Å². The Bertz CT molecular complexity index is 356. The highest BCUT2D eigenvalue weighted by molar-refractivity contribution is 5.82. The first-order chi connectivity index (χ1) is 8.51. The molecule has 1 amide bonds. The number of ether oxygens (including phenoxy) is 1. The zero-order valence-electron chi connectivity index (χ0n) is 11.6. The normalized spacial score (nSPS) is 42.3. The van der Waals surface area contributed by atoms with E-state index in [1.807, 2.05) is 0 Å². The van der Waals surface area contributed by atoms with E-state index in [4.69, 9.17) is 4.74 Å². The van der Waals surface area contributed by atoms with Crippen LogP contribution in [0.2, 0.25) is 0 Å². The molecule has 0 saturated carbocycles. The van der Waals surface area contributed by atoms with Gasteiger partial charge in [-0.2, -0.15) is 0 Å². The first-order valence-corrected chi connectivity index (χ1v) is 7.15. The third kappa shape index (κ3) is 1.69. The molecule has 0 aromatic carbocycles. The molecule has 0 aromatic rings. The van der Waals surface area contributed by atoms with Gasteiger partial charge in [-0.3, -0.25) is 4.79 Å². The number of hydrogen-bond acceptors (Lipinski definition) is 3. The summed E-state index contributed by atoms with van der Waals surface area (Å²) in [7, 11) is 0. The zero-order chi connectivity index (χ0) is 12.9. The lowest BCUT2D eigenvalue weighted by molar-refractivity contribution is -0.146. The van der Waals surface area contributed by atoms with Gasteiger partial charge in [0.2, 0.25) is 0 Å². The van der Waals surface area contributed by atoms with Crippen LogP contribution in [0.4, 0.5) is 0 Å². The summed E-state index contributed by atoms with van der Waals surface area (Å²) in [5, 5.41) is 3.45. The van der Waals surface area contributed by atoms with Crippen LogP contribution >= 0.6 is 0 Å². The van der Waals surface area contributed by atoms with Gasteiger partial charge in [-0.15, -0.1) is 0 Å². The average Bonchev–Trinajstić information content (AvgIpc) is 2.96. The van der Waals surface area contributed by atoms with Crippen molar-refractivity contribution in [3.63, 3.8) is 0 Å². The average molecular weight is 252 g/mol. The number of carbonyl (C=O) groups is 1. The van der Waals surface area contributed by atoms with Gasteiger partial charge in [0.05, 0.1) is 0 Å². The van der Waals surface area contributed by atoms with Gasteiger partial charge in [-0.25, -0.2) is 0 Å². The standard InChI is InChI=1S/C14H24N2O2/c1-9-4-5-18-12(9)13(17)16-8-10-6-15-7-11(10)14(16,2)3/h9-12,15H,4-8H2,1-3H3. The van der Waals surface area contributed by atoms with Crippen LogP contribution in [0.1, 0.15) is 27.2 Å². The maximum Gasteiger partial charge on any atom is 0.252 e. The molecular weight excluding hydrogens is 228 g/mol. The van der Waals surface area contributed by atoms with Gasteiger partial charge < -0.3 is 15.0 Å². The molecule has 102 valence electrons. The Labute approximate surface area is 109 Å². The molecule has 4 heteroatoms. The van der Waals surface area contributed by atoms with Crippen LogP contribution in [-0.2, 0) is 9.53 Å². The molecule has 3 aliphatic heterocycles. The van der Waals surface area contributed by atoms with Crippen molar-refractivity contribution in [1.82, 2.24) is 10.2 Å². The van der Waals surface area contributed by atoms with Crippen molar-refractivity contribution in [2.75, 3.05) is 26.2 Å². The van der Waals surface area contributed by atoms with E-state index in [-0.39, 0.29) is 17.6 Å².